The summed E-state index contributed by atoms with van der Waals surface area (Å²) in [6, 6.07) is 97.5. The van der Waals surface area contributed by atoms with Crippen LogP contribution in [0.25, 0.3) is 0 Å². The molecule has 0 amide bonds. The minimum absolute atomic E-state index is 0. The molecule has 9 aromatic carbocycles. The van der Waals surface area contributed by atoms with Crippen LogP contribution in [0.3, 0.4) is 0 Å². The Bertz CT molecular complexity index is 1920. The Labute approximate surface area is 373 Å². The molecule has 5 heteroatoms. The molecule has 0 unspecified atom stereocenters. The van der Waals surface area contributed by atoms with Crippen LogP contribution in [0.15, 0.2) is 273 Å². The van der Waals surface area contributed by atoms with Gasteiger partial charge in [0, 0.05) is 20.1 Å². The van der Waals surface area contributed by atoms with Crippen LogP contribution >= 0.6 is 23.8 Å². The summed E-state index contributed by atoms with van der Waals surface area (Å²) in [5.74, 6) is 0. The first-order chi connectivity index (χ1) is 29.3. The van der Waals surface area contributed by atoms with E-state index >= 15 is 0 Å². The van der Waals surface area contributed by atoms with E-state index in [9.17, 15) is 0 Å². The molecule has 0 aliphatic rings. The van der Waals surface area contributed by atoms with Gasteiger partial charge in [-0.2, -0.15) is 0 Å². The topological polar surface area (TPSA) is 19.9 Å². The normalized spacial score (nSPS) is 10.1. The zero-order chi connectivity index (χ0) is 40.7. The summed E-state index contributed by atoms with van der Waals surface area (Å²) in [7, 11) is -2.63. The molecule has 0 aliphatic heterocycles. The van der Waals surface area contributed by atoms with Gasteiger partial charge in [0.2, 0.25) is 0 Å². The molecule has 0 atom stereocenters. The molecule has 0 bridgehead atoms. The van der Waals surface area contributed by atoms with Gasteiger partial charge in [0.15, 0.2) is 0 Å². The standard InChI is InChI=1S/3C18H15P.CO.Ir/c3*1-4-10-16(11-5-1)19(17-12-6-2-7-13-17)18-14-8-3-9-15-18;1-2;/h3*1-15H;;/p+3. The average Bonchev–Trinajstić information content (AvgIpc) is 3.34. The Morgan fingerprint density at radius 1 is 0.183 bits per heavy atom. The van der Waals surface area contributed by atoms with Crippen LogP contribution in [0.2, 0.25) is 0 Å². The molecule has 0 spiro atoms. The molecule has 1 nitrogen and oxygen atoms in total. The Kier molecular flexibility index (Phi) is 19.8. The van der Waals surface area contributed by atoms with E-state index in [1.54, 1.807) is 0 Å². The summed E-state index contributed by atoms with van der Waals surface area (Å²) in [5, 5.41) is 12.9. The predicted molar refractivity (Wildman–Crippen MR) is 264 cm³/mol. The van der Waals surface area contributed by atoms with Gasteiger partial charge in [0.25, 0.3) is 0 Å². The van der Waals surface area contributed by atoms with Gasteiger partial charge in [-0.15, -0.1) is 0 Å². The molecular weight excluding hydrogens is 962 g/mol. The number of hydrogen-bond acceptors (Lipinski definition) is 0. The summed E-state index contributed by atoms with van der Waals surface area (Å²) in [6.45, 7) is 4.50. The Balaban J connectivity index is 0.000000166. The van der Waals surface area contributed by atoms with Gasteiger partial charge in [0.05, 0.1) is 23.8 Å². The van der Waals surface area contributed by atoms with Gasteiger partial charge in [-0.3, -0.25) is 0 Å². The van der Waals surface area contributed by atoms with Crippen molar-refractivity contribution in [3.05, 3.63) is 280 Å². The van der Waals surface area contributed by atoms with Gasteiger partial charge in [-0.25, -0.2) is 0 Å². The second kappa shape index (κ2) is 26.0. The van der Waals surface area contributed by atoms with Crippen molar-refractivity contribution in [1.82, 2.24) is 0 Å². The first kappa shape index (κ1) is 45.7. The van der Waals surface area contributed by atoms with Crippen LogP contribution in [0, 0.1) is 6.65 Å². The zero-order valence-corrected chi connectivity index (χ0v) is 38.6. The second-order valence-electron chi connectivity index (χ2n) is 13.4. The summed E-state index contributed by atoms with van der Waals surface area (Å²) in [4.78, 5) is 0. The van der Waals surface area contributed by atoms with Crippen molar-refractivity contribution < 1.29 is 24.8 Å². The molecule has 60 heavy (non-hydrogen) atoms. The van der Waals surface area contributed by atoms with E-state index in [2.05, 4.69) is 280 Å². The Morgan fingerprint density at radius 2 is 0.267 bits per heavy atom. The molecule has 9 rings (SSSR count). The first-order valence-corrected chi connectivity index (χ1v) is 24.2. The van der Waals surface area contributed by atoms with Crippen LogP contribution in [-0.2, 0) is 24.8 Å². The van der Waals surface area contributed by atoms with Crippen LogP contribution < -0.4 is 47.7 Å². The summed E-state index contributed by atoms with van der Waals surface area (Å²) >= 11 is 0. The molecule has 0 N–H and O–H groups in total. The maximum Gasteiger partial charge on any atom is 0.102 e. The first-order valence-electron chi connectivity index (χ1n) is 19.7. The number of hydrogen-bond donors (Lipinski definition) is 0. The molecule has 1 radical (unpaired) electrons. The van der Waals surface area contributed by atoms with E-state index in [4.69, 9.17) is 4.65 Å². The molecule has 0 saturated heterocycles. The third-order valence-electron chi connectivity index (χ3n) is 9.56. The molecule has 295 valence electrons. The van der Waals surface area contributed by atoms with E-state index in [0.29, 0.717) is 0 Å². The molecule has 0 aliphatic carbocycles. The summed E-state index contributed by atoms with van der Waals surface area (Å²) in [6.07, 6.45) is 0. The molecule has 0 fully saturated rings. The van der Waals surface area contributed by atoms with Crippen molar-refractivity contribution >= 4 is 71.5 Å². The minimum atomic E-state index is -0.877. The Hall–Kier alpha value is -5.34. The smallest absolute Gasteiger partial charge is 0.0620 e. The van der Waals surface area contributed by atoms with Crippen molar-refractivity contribution in [2.45, 2.75) is 0 Å². The van der Waals surface area contributed by atoms with Gasteiger partial charge in [0.1, 0.15) is 47.7 Å². The summed E-state index contributed by atoms with van der Waals surface area (Å²) < 4.78 is 7.50. The third-order valence-corrected chi connectivity index (χ3v) is 17.8. The van der Waals surface area contributed by atoms with Crippen molar-refractivity contribution in [1.29, 1.82) is 0 Å². The van der Waals surface area contributed by atoms with Crippen LogP contribution in [0.4, 0.5) is 0 Å². The maximum absolute atomic E-state index is 7.50. The number of benzene rings is 9. The van der Waals surface area contributed by atoms with Gasteiger partial charge < -0.3 is 0 Å². The average molecular weight is 1010 g/mol. The van der Waals surface area contributed by atoms with Crippen LogP contribution in [0.5, 0.6) is 0 Å². The molecule has 0 saturated carbocycles. The SMILES string of the molecule is [C-]#[O+].[Ir].c1ccc([PH+](c2ccccc2)c2ccccc2)cc1.c1ccc([PH+](c2ccccc2)c2ccccc2)cc1.c1ccc([PH+](c2ccccc2)c2ccccc2)cc1. The molecule has 0 heterocycles. The van der Waals surface area contributed by atoms with Crippen molar-refractivity contribution in [2.75, 3.05) is 0 Å². The van der Waals surface area contributed by atoms with Gasteiger partial charge in [-0.05, 0) is 109 Å². The van der Waals surface area contributed by atoms with Crippen molar-refractivity contribution in [3.8, 4) is 0 Å². The van der Waals surface area contributed by atoms with E-state index in [1.165, 1.54) is 47.7 Å². The van der Waals surface area contributed by atoms with E-state index in [-0.39, 0.29) is 20.1 Å². The monoisotopic (exact) mass is 1010 g/mol. The van der Waals surface area contributed by atoms with E-state index in [0.717, 1.165) is 0 Å². The van der Waals surface area contributed by atoms with Gasteiger partial charge in [-0.1, -0.05) is 164 Å². The quantitative estimate of drug-likeness (QED) is 0.0781. The van der Waals surface area contributed by atoms with Gasteiger partial charge >= 0.3 is 11.3 Å². The number of rotatable bonds is 9. The molecular formula is C55H48IrOP3+3. The third kappa shape index (κ3) is 13.3. The molecule has 9 aromatic rings. The fraction of sp³-hybridized carbons (Fsp3) is 0. The van der Waals surface area contributed by atoms with Crippen molar-refractivity contribution in [3.63, 3.8) is 0 Å². The minimum Gasteiger partial charge on any atom is -0.0620 e. The zero-order valence-electron chi connectivity index (χ0n) is 33.2. The second-order valence-corrected chi connectivity index (χ2v) is 20.9. The maximum atomic E-state index is 7.50. The Morgan fingerprint density at radius 3 is 0.350 bits per heavy atom. The molecule has 0 aromatic heterocycles. The summed E-state index contributed by atoms with van der Waals surface area (Å²) in [5.41, 5.74) is 0. The van der Waals surface area contributed by atoms with E-state index < -0.39 is 23.8 Å². The van der Waals surface area contributed by atoms with Crippen LogP contribution in [0.1, 0.15) is 0 Å². The largest absolute Gasteiger partial charge is 0.102 e. The van der Waals surface area contributed by atoms with Crippen molar-refractivity contribution in [2.24, 2.45) is 0 Å². The predicted octanol–water partition coefficient (Wildman–Crippen LogP) is 9.49. The van der Waals surface area contributed by atoms with E-state index in [1.807, 2.05) is 0 Å². The van der Waals surface area contributed by atoms with Crippen LogP contribution in [-0.4, -0.2) is 0 Å². The fourth-order valence-corrected chi connectivity index (χ4v) is 14.7. The fourth-order valence-electron chi connectivity index (χ4n) is 6.94.